The molecule has 0 aliphatic heterocycles. The van der Waals surface area contributed by atoms with E-state index in [1.807, 2.05) is 6.92 Å². The Bertz CT molecular complexity index is 371. The monoisotopic (exact) mass is 287 g/mol. The number of anilines is 1. The molecule has 1 amide bonds. The summed E-state index contributed by atoms with van der Waals surface area (Å²) < 4.78 is 10.5. The van der Waals surface area contributed by atoms with E-state index in [2.05, 4.69) is 22.4 Å². The minimum atomic E-state index is -0.215. The molecule has 1 rings (SSSR count). The van der Waals surface area contributed by atoms with Gasteiger partial charge in [-0.25, -0.2) is 0 Å². The fraction of sp³-hybridized carbons (Fsp3) is 0.750. The zero-order valence-corrected chi connectivity index (χ0v) is 12.3. The van der Waals surface area contributed by atoms with Gasteiger partial charge in [-0.15, -0.1) is 10.2 Å². The van der Waals surface area contributed by atoms with Crippen molar-refractivity contribution in [2.75, 3.05) is 31.7 Å². The predicted molar refractivity (Wildman–Crippen MR) is 74.5 cm³/mol. The molecule has 6 nitrogen and oxygen atoms in total. The average Bonchev–Trinajstić information content (AvgIpc) is 2.85. The first-order chi connectivity index (χ1) is 9.26. The van der Waals surface area contributed by atoms with Gasteiger partial charge in [-0.2, -0.15) is 0 Å². The van der Waals surface area contributed by atoms with E-state index in [0.29, 0.717) is 18.3 Å². The predicted octanol–water partition coefficient (Wildman–Crippen LogP) is 1.87. The normalized spacial score (nSPS) is 10.6. The van der Waals surface area contributed by atoms with E-state index in [1.165, 1.54) is 11.3 Å². The highest BCUT2D eigenvalue weighted by molar-refractivity contribution is 7.15. The van der Waals surface area contributed by atoms with Crippen LogP contribution in [0.15, 0.2) is 0 Å². The highest BCUT2D eigenvalue weighted by Crippen LogP contribution is 2.14. The molecule has 0 aliphatic carbocycles. The van der Waals surface area contributed by atoms with Crippen LogP contribution in [0.3, 0.4) is 0 Å². The van der Waals surface area contributed by atoms with E-state index in [0.717, 1.165) is 30.9 Å². The topological polar surface area (TPSA) is 73.3 Å². The fourth-order valence-corrected chi connectivity index (χ4v) is 1.93. The summed E-state index contributed by atoms with van der Waals surface area (Å²) in [4.78, 5) is 11.5. The summed E-state index contributed by atoms with van der Waals surface area (Å²) in [7, 11) is 0. The number of ether oxygens (including phenoxy) is 2. The molecule has 0 unspecified atom stereocenters. The molecule has 108 valence electrons. The Balaban J connectivity index is 2.04. The van der Waals surface area contributed by atoms with E-state index in [-0.39, 0.29) is 12.5 Å². The number of carbonyl (C=O) groups is 1. The first-order valence-electron chi connectivity index (χ1n) is 6.54. The van der Waals surface area contributed by atoms with Gasteiger partial charge in [0.2, 0.25) is 5.13 Å². The minimum absolute atomic E-state index is 0.0121. The van der Waals surface area contributed by atoms with Crippen molar-refractivity contribution < 1.29 is 14.3 Å². The van der Waals surface area contributed by atoms with Crippen LogP contribution in [0.5, 0.6) is 0 Å². The molecule has 0 saturated carbocycles. The summed E-state index contributed by atoms with van der Waals surface area (Å²) in [6.07, 6.45) is 2.99. The highest BCUT2D eigenvalue weighted by atomic mass is 32.1. The van der Waals surface area contributed by atoms with Crippen LogP contribution in [0, 0.1) is 0 Å². The van der Waals surface area contributed by atoms with Crippen molar-refractivity contribution in [3.05, 3.63) is 5.01 Å². The maximum atomic E-state index is 11.5. The molecule has 0 fully saturated rings. The van der Waals surface area contributed by atoms with Gasteiger partial charge in [0.25, 0.3) is 5.91 Å². The number of unbranched alkanes of at least 4 members (excludes halogenated alkanes) is 1. The van der Waals surface area contributed by atoms with Crippen molar-refractivity contribution in [3.63, 3.8) is 0 Å². The standard InChI is InChI=1S/C12H21N3O3S/c1-3-5-6-17-7-8-18-9-10(16)13-12-15-14-11(4-2)19-12/h3-9H2,1-2H3,(H,13,15,16). The first kappa shape index (κ1) is 16.0. The van der Waals surface area contributed by atoms with E-state index in [9.17, 15) is 4.79 Å². The summed E-state index contributed by atoms with van der Waals surface area (Å²) >= 11 is 1.38. The van der Waals surface area contributed by atoms with Gasteiger partial charge in [-0.1, -0.05) is 31.6 Å². The first-order valence-corrected chi connectivity index (χ1v) is 7.35. The van der Waals surface area contributed by atoms with Crippen LogP contribution in [0.25, 0.3) is 0 Å². The molecule has 0 spiro atoms. The molecule has 0 saturated heterocycles. The van der Waals surface area contributed by atoms with Crippen molar-refractivity contribution in [1.82, 2.24) is 10.2 Å². The third kappa shape index (κ3) is 7.19. The fourth-order valence-electron chi connectivity index (χ4n) is 1.23. The van der Waals surface area contributed by atoms with Crippen LogP contribution >= 0.6 is 11.3 Å². The van der Waals surface area contributed by atoms with Gasteiger partial charge < -0.3 is 9.47 Å². The smallest absolute Gasteiger partial charge is 0.252 e. The van der Waals surface area contributed by atoms with E-state index in [1.54, 1.807) is 0 Å². The Kier molecular flexibility index (Phi) is 8.28. The zero-order chi connectivity index (χ0) is 13.9. The lowest BCUT2D eigenvalue weighted by atomic mass is 10.4. The number of carbonyl (C=O) groups excluding carboxylic acids is 1. The molecular formula is C12H21N3O3S. The second kappa shape index (κ2) is 9.82. The SMILES string of the molecule is CCCCOCCOCC(=O)Nc1nnc(CC)s1. The van der Waals surface area contributed by atoms with E-state index in [4.69, 9.17) is 9.47 Å². The molecule has 0 radical (unpaired) electrons. The molecule has 19 heavy (non-hydrogen) atoms. The lowest BCUT2D eigenvalue weighted by Gasteiger charge is -2.04. The number of rotatable bonds is 10. The molecule has 1 aromatic heterocycles. The summed E-state index contributed by atoms with van der Waals surface area (Å²) in [6.45, 7) is 5.81. The van der Waals surface area contributed by atoms with Gasteiger partial charge in [0.05, 0.1) is 13.2 Å². The van der Waals surface area contributed by atoms with Crippen molar-refractivity contribution >= 4 is 22.4 Å². The maximum Gasteiger partial charge on any atom is 0.252 e. The third-order valence-corrected chi connectivity index (χ3v) is 3.25. The largest absolute Gasteiger partial charge is 0.379 e. The Morgan fingerprint density at radius 2 is 2.00 bits per heavy atom. The quantitative estimate of drug-likeness (QED) is 0.665. The average molecular weight is 287 g/mol. The summed E-state index contributed by atoms with van der Waals surface area (Å²) in [6, 6.07) is 0. The second-order valence-corrected chi connectivity index (χ2v) is 4.98. The molecule has 0 bridgehead atoms. The van der Waals surface area contributed by atoms with Gasteiger partial charge in [0.1, 0.15) is 11.6 Å². The lowest BCUT2D eigenvalue weighted by molar-refractivity contribution is -0.121. The van der Waals surface area contributed by atoms with E-state index >= 15 is 0 Å². The van der Waals surface area contributed by atoms with Gasteiger partial charge in [0.15, 0.2) is 0 Å². The van der Waals surface area contributed by atoms with Crippen LogP contribution in [-0.4, -0.2) is 42.5 Å². The number of aryl methyl sites for hydroxylation is 1. The van der Waals surface area contributed by atoms with Crippen LogP contribution in [0.4, 0.5) is 5.13 Å². The summed E-state index contributed by atoms with van der Waals surface area (Å²) in [5, 5.41) is 11.8. The second-order valence-electron chi connectivity index (χ2n) is 3.92. The lowest BCUT2D eigenvalue weighted by Crippen LogP contribution is -2.19. The molecule has 0 aliphatic rings. The zero-order valence-electron chi connectivity index (χ0n) is 11.5. The third-order valence-electron chi connectivity index (χ3n) is 2.26. The Labute approximate surface area is 117 Å². The van der Waals surface area contributed by atoms with Crippen LogP contribution in [0.2, 0.25) is 0 Å². The van der Waals surface area contributed by atoms with Crippen molar-refractivity contribution in [2.45, 2.75) is 33.1 Å². The Morgan fingerprint density at radius 3 is 2.68 bits per heavy atom. The van der Waals surface area contributed by atoms with Gasteiger partial charge in [0, 0.05) is 6.61 Å². The Hall–Kier alpha value is -1.05. The number of nitrogens with zero attached hydrogens (tertiary/aromatic N) is 2. The number of aromatic nitrogens is 2. The number of hydrogen-bond donors (Lipinski definition) is 1. The maximum absolute atomic E-state index is 11.5. The highest BCUT2D eigenvalue weighted by Gasteiger charge is 2.07. The summed E-state index contributed by atoms with van der Waals surface area (Å²) in [5.41, 5.74) is 0. The number of hydrogen-bond acceptors (Lipinski definition) is 6. The van der Waals surface area contributed by atoms with E-state index < -0.39 is 0 Å². The number of nitrogens with one attached hydrogen (secondary N) is 1. The van der Waals surface area contributed by atoms with Crippen LogP contribution < -0.4 is 5.32 Å². The molecule has 0 atom stereocenters. The molecule has 7 heteroatoms. The molecule has 1 aromatic rings. The van der Waals surface area contributed by atoms with Gasteiger partial charge in [-0.05, 0) is 12.8 Å². The van der Waals surface area contributed by atoms with Crippen molar-refractivity contribution in [1.29, 1.82) is 0 Å². The van der Waals surface area contributed by atoms with Crippen LogP contribution in [-0.2, 0) is 20.7 Å². The molecule has 0 aromatic carbocycles. The van der Waals surface area contributed by atoms with Crippen LogP contribution in [0.1, 0.15) is 31.7 Å². The van der Waals surface area contributed by atoms with Gasteiger partial charge >= 0.3 is 0 Å². The van der Waals surface area contributed by atoms with Gasteiger partial charge in [-0.3, -0.25) is 10.1 Å². The molecule has 1 N–H and O–H groups in total. The Morgan fingerprint density at radius 1 is 1.21 bits per heavy atom. The minimum Gasteiger partial charge on any atom is -0.379 e. The van der Waals surface area contributed by atoms with Crippen molar-refractivity contribution in [2.24, 2.45) is 0 Å². The summed E-state index contributed by atoms with van der Waals surface area (Å²) in [5.74, 6) is -0.215. The number of amides is 1. The van der Waals surface area contributed by atoms with Crippen molar-refractivity contribution in [3.8, 4) is 0 Å². The molecule has 1 heterocycles. The molecular weight excluding hydrogens is 266 g/mol.